The molecule has 12 heteroatoms. The number of nitrogens with two attached hydrogens (primary N) is 1. The quantitative estimate of drug-likeness (QED) is 0.246. The van der Waals surface area contributed by atoms with Gasteiger partial charge in [0, 0.05) is 50.5 Å². The monoisotopic (exact) mass is 599 g/mol. The van der Waals surface area contributed by atoms with Crippen LogP contribution >= 0.6 is 0 Å². The maximum absolute atomic E-state index is 15.0. The Morgan fingerprint density at radius 3 is 2.26 bits per heavy atom. The number of imidazole rings is 1. The van der Waals surface area contributed by atoms with Gasteiger partial charge in [-0.15, -0.1) is 0 Å². The summed E-state index contributed by atoms with van der Waals surface area (Å²) in [4.78, 5) is 22.2. The number of benzene rings is 1. The Balaban J connectivity index is 0.00000121. The number of hydrogen-bond acceptors (Lipinski definition) is 8. The number of rotatable bonds is 9. The minimum Gasteiger partial charge on any atom is -0.330 e. The summed E-state index contributed by atoms with van der Waals surface area (Å²) in [6.07, 6.45) is 3.94. The number of halogens is 3. The topological polar surface area (TPSA) is 101 Å². The Kier molecular flexibility index (Phi) is 12.8. The van der Waals surface area contributed by atoms with Crippen LogP contribution in [0.2, 0.25) is 0 Å². The van der Waals surface area contributed by atoms with Crippen LogP contribution < -0.4 is 11.1 Å². The number of hydrogen-bond donors (Lipinski definition) is 2. The molecule has 3 N–H and O–H groups in total. The smallest absolute Gasteiger partial charge is 0.229 e. The molecule has 1 fully saturated rings. The molecule has 0 aliphatic carbocycles. The van der Waals surface area contributed by atoms with Gasteiger partial charge in [-0.05, 0) is 64.0 Å². The third-order valence-corrected chi connectivity index (χ3v) is 7.07. The van der Waals surface area contributed by atoms with Gasteiger partial charge in [-0.25, -0.2) is 28.7 Å². The molecule has 3 aromatic heterocycles. The Labute approximate surface area is 252 Å². The van der Waals surface area contributed by atoms with Gasteiger partial charge < -0.3 is 20.5 Å². The Hall–Kier alpha value is -3.61. The zero-order chi connectivity index (χ0) is 31.5. The number of nitrogens with one attached hydrogen (secondary N) is 1. The van der Waals surface area contributed by atoms with E-state index in [2.05, 4.69) is 35.1 Å². The molecule has 4 aromatic rings. The first-order valence-electron chi connectivity index (χ1n) is 14.8. The van der Waals surface area contributed by atoms with Crippen molar-refractivity contribution in [3.8, 4) is 11.3 Å². The van der Waals surface area contributed by atoms with Crippen molar-refractivity contribution in [3.05, 3.63) is 59.7 Å². The number of fused-ring (bicyclic) bond motifs is 1. The summed E-state index contributed by atoms with van der Waals surface area (Å²) >= 11 is 0. The maximum Gasteiger partial charge on any atom is 0.229 e. The number of anilines is 2. The number of nitrogens with zero attached hydrogens (tertiary/aromatic N) is 7. The van der Waals surface area contributed by atoms with Crippen molar-refractivity contribution < 1.29 is 13.2 Å². The van der Waals surface area contributed by atoms with E-state index in [1.165, 1.54) is 6.07 Å². The third-order valence-electron chi connectivity index (χ3n) is 7.07. The fraction of sp³-hybridized carbons (Fsp3) is 0.484. The van der Waals surface area contributed by atoms with Crippen LogP contribution in [-0.2, 0) is 6.54 Å². The molecule has 5 rings (SSSR count). The van der Waals surface area contributed by atoms with Crippen LogP contribution in [0.25, 0.3) is 22.3 Å². The second kappa shape index (κ2) is 16.3. The Morgan fingerprint density at radius 1 is 0.930 bits per heavy atom. The Morgan fingerprint density at radius 2 is 1.63 bits per heavy atom. The SMILES string of the molecule is CC.CF.Cc1nc2c(F)cc(-c3nc(Nc4ccc(CN5CCN(CCCN)CC5)cn4)ncc3F)cc2n1C(C)C. The van der Waals surface area contributed by atoms with Crippen molar-refractivity contribution >= 4 is 22.8 Å². The summed E-state index contributed by atoms with van der Waals surface area (Å²) in [5.41, 5.74) is 7.91. The lowest BCUT2D eigenvalue weighted by Gasteiger charge is -2.34. The normalized spacial score (nSPS) is 13.8. The van der Waals surface area contributed by atoms with Crippen LogP contribution in [-0.4, -0.2) is 80.7 Å². The molecule has 0 amide bonds. The standard InChI is InChI=1S/C28H35F2N9.C2H6.CH3F/c1-18(2)39-19(3)34-27-22(29)13-21(14-24(27)39)26-23(30)16-33-28(36-26)35-25-6-5-20(15-32-25)17-38-11-9-37(10-12-38)8-4-7-31;2*1-2/h5-6,13-16,18H,4,7-12,17,31H2,1-3H3,(H,32,33,35,36);1-2H3;1H3. The summed E-state index contributed by atoms with van der Waals surface area (Å²) in [5.74, 6) is 0.248. The van der Waals surface area contributed by atoms with Gasteiger partial charge in [0.1, 0.15) is 22.9 Å². The molecular formula is C31H44F3N9. The van der Waals surface area contributed by atoms with Crippen molar-refractivity contribution in [3.63, 3.8) is 0 Å². The largest absolute Gasteiger partial charge is 0.330 e. The maximum atomic E-state index is 15.0. The zero-order valence-electron chi connectivity index (χ0n) is 26.0. The van der Waals surface area contributed by atoms with Gasteiger partial charge in [-0.3, -0.25) is 9.29 Å². The van der Waals surface area contributed by atoms with Crippen molar-refractivity contribution in [1.82, 2.24) is 34.3 Å². The lowest BCUT2D eigenvalue weighted by molar-refractivity contribution is 0.126. The highest BCUT2D eigenvalue weighted by Gasteiger charge is 2.19. The predicted molar refractivity (Wildman–Crippen MR) is 167 cm³/mol. The number of alkyl halides is 1. The van der Waals surface area contributed by atoms with Crippen molar-refractivity contribution in [2.45, 2.75) is 53.6 Å². The van der Waals surface area contributed by atoms with Gasteiger partial charge >= 0.3 is 0 Å². The lowest BCUT2D eigenvalue weighted by atomic mass is 10.1. The number of piperazine rings is 1. The van der Waals surface area contributed by atoms with Crippen LogP contribution in [0, 0.1) is 18.6 Å². The second-order valence-electron chi connectivity index (χ2n) is 10.3. The molecule has 1 aromatic carbocycles. The summed E-state index contributed by atoms with van der Waals surface area (Å²) in [6.45, 7) is 16.6. The minimum absolute atomic E-state index is 0.00434. The summed E-state index contributed by atoms with van der Waals surface area (Å²) in [6, 6.07) is 6.92. The highest BCUT2D eigenvalue weighted by atomic mass is 19.1. The van der Waals surface area contributed by atoms with Crippen LogP contribution in [0.1, 0.15) is 51.5 Å². The van der Waals surface area contributed by atoms with Crippen LogP contribution in [0.15, 0.2) is 36.7 Å². The number of pyridine rings is 1. The van der Waals surface area contributed by atoms with Crippen molar-refractivity contribution in [2.75, 3.05) is 51.8 Å². The first kappa shape index (κ1) is 33.9. The van der Waals surface area contributed by atoms with Gasteiger partial charge in [-0.2, -0.15) is 0 Å². The molecule has 0 spiro atoms. The summed E-state index contributed by atoms with van der Waals surface area (Å²) in [5, 5.41) is 3.04. The van der Waals surface area contributed by atoms with Gasteiger partial charge in [-0.1, -0.05) is 19.9 Å². The van der Waals surface area contributed by atoms with Gasteiger partial charge in [0.2, 0.25) is 5.95 Å². The number of aryl methyl sites for hydroxylation is 1. The van der Waals surface area contributed by atoms with E-state index in [1.807, 2.05) is 57.5 Å². The lowest BCUT2D eigenvalue weighted by Crippen LogP contribution is -2.46. The van der Waals surface area contributed by atoms with Crippen LogP contribution in [0.3, 0.4) is 0 Å². The number of aromatic nitrogens is 5. The molecule has 4 heterocycles. The summed E-state index contributed by atoms with van der Waals surface area (Å²) < 4.78 is 41.2. The third kappa shape index (κ3) is 8.49. The molecule has 1 aliphatic heterocycles. The van der Waals surface area contributed by atoms with E-state index in [4.69, 9.17) is 5.73 Å². The van der Waals surface area contributed by atoms with E-state index in [9.17, 15) is 13.2 Å². The first-order chi connectivity index (χ1) is 20.8. The van der Waals surface area contributed by atoms with E-state index in [1.54, 1.807) is 6.07 Å². The molecule has 0 bridgehead atoms. The highest BCUT2D eigenvalue weighted by molar-refractivity contribution is 5.83. The molecule has 234 valence electrons. The van der Waals surface area contributed by atoms with Crippen LogP contribution in [0.4, 0.5) is 24.9 Å². The molecule has 0 atom stereocenters. The molecular weight excluding hydrogens is 555 g/mol. The van der Waals surface area contributed by atoms with E-state index in [0.29, 0.717) is 29.9 Å². The molecule has 43 heavy (non-hydrogen) atoms. The van der Waals surface area contributed by atoms with Gasteiger partial charge in [0.15, 0.2) is 11.6 Å². The molecule has 0 radical (unpaired) electrons. The predicted octanol–water partition coefficient (Wildman–Crippen LogP) is 5.88. The summed E-state index contributed by atoms with van der Waals surface area (Å²) in [7, 11) is 0.500. The average molecular weight is 600 g/mol. The van der Waals surface area contributed by atoms with Crippen LogP contribution in [0.5, 0.6) is 0 Å². The molecule has 1 aliphatic rings. The Bertz CT molecular complexity index is 1430. The van der Waals surface area contributed by atoms with E-state index >= 15 is 0 Å². The van der Waals surface area contributed by atoms with Crippen molar-refractivity contribution in [2.24, 2.45) is 5.73 Å². The minimum atomic E-state index is -0.641. The van der Waals surface area contributed by atoms with E-state index < -0.39 is 11.6 Å². The fourth-order valence-electron chi connectivity index (χ4n) is 5.14. The first-order valence-corrected chi connectivity index (χ1v) is 14.8. The van der Waals surface area contributed by atoms with E-state index in [-0.39, 0.29) is 23.2 Å². The molecule has 0 saturated carbocycles. The van der Waals surface area contributed by atoms with E-state index in [0.717, 1.165) is 64.0 Å². The van der Waals surface area contributed by atoms with Gasteiger partial charge in [0.25, 0.3) is 0 Å². The van der Waals surface area contributed by atoms with Crippen molar-refractivity contribution in [1.29, 1.82) is 0 Å². The second-order valence-corrected chi connectivity index (χ2v) is 10.3. The van der Waals surface area contributed by atoms with Gasteiger partial charge in [0.05, 0.1) is 18.9 Å². The molecule has 1 saturated heterocycles. The zero-order valence-corrected chi connectivity index (χ0v) is 26.0. The highest BCUT2D eigenvalue weighted by Crippen LogP contribution is 2.30. The average Bonchev–Trinajstić information content (AvgIpc) is 3.37. The molecule has 9 nitrogen and oxygen atoms in total. The molecule has 0 unspecified atom stereocenters. The fourth-order valence-corrected chi connectivity index (χ4v) is 5.14.